The number of carbonyl (C=O) groups is 2. The molecule has 50 heavy (non-hydrogen) atoms. The molecular formula is C38H44N4O7S. The van der Waals surface area contributed by atoms with E-state index >= 15 is 0 Å². The molecular weight excluding hydrogens is 657 g/mol. The highest BCUT2D eigenvalue weighted by atomic mass is 32.2. The van der Waals surface area contributed by atoms with Gasteiger partial charge in [-0.15, -0.1) is 0 Å². The average molecular weight is 701 g/mol. The lowest BCUT2D eigenvalue weighted by molar-refractivity contribution is 0.0696. The molecule has 4 heterocycles. The number of amides is 1. The quantitative estimate of drug-likeness (QED) is 0.170. The molecule has 264 valence electrons. The highest BCUT2D eigenvalue weighted by molar-refractivity contribution is 7.90. The minimum Gasteiger partial charge on any atom is -0.497 e. The zero-order chi connectivity index (χ0) is 35.2. The number of ether oxygens (including phenoxy) is 2. The molecule has 3 aliphatic rings. The summed E-state index contributed by atoms with van der Waals surface area (Å²) in [6, 6.07) is 9.63. The number of nitrogens with zero attached hydrogens (tertiary/aromatic N) is 2. The summed E-state index contributed by atoms with van der Waals surface area (Å²) in [6.07, 6.45) is 10.6. The largest absolute Gasteiger partial charge is 0.497 e. The van der Waals surface area contributed by atoms with E-state index in [0.717, 1.165) is 71.8 Å². The average Bonchev–Trinajstić information content (AvgIpc) is 3.66. The van der Waals surface area contributed by atoms with Gasteiger partial charge in [-0.2, -0.15) is 5.10 Å². The third kappa shape index (κ3) is 6.46. The molecule has 2 fully saturated rings. The number of methoxy groups -OCH3 is 1. The van der Waals surface area contributed by atoms with Crippen molar-refractivity contribution in [1.29, 1.82) is 0 Å². The summed E-state index contributed by atoms with van der Waals surface area (Å²) in [6.45, 7) is 5.19. The Morgan fingerprint density at radius 3 is 2.54 bits per heavy atom. The van der Waals surface area contributed by atoms with Crippen molar-refractivity contribution in [3.63, 3.8) is 0 Å². The van der Waals surface area contributed by atoms with E-state index < -0.39 is 21.9 Å². The predicted octanol–water partition coefficient (Wildman–Crippen LogP) is 6.95. The maximum absolute atomic E-state index is 13.5. The van der Waals surface area contributed by atoms with E-state index in [1.807, 2.05) is 18.2 Å². The van der Waals surface area contributed by atoms with Crippen molar-refractivity contribution in [2.45, 2.75) is 77.2 Å². The SMILES string of the molecule is COc1cc2c(c(C3CCOCC3)c1)-c1c(C3CCCCC3)c3ccc(C(=O)NS(=O)(=O)CC(C)C)cc3n1CC(c1[nH]ncc1C(=O)O)=C2. The Hall–Kier alpha value is -4.42. The van der Waals surface area contributed by atoms with Crippen LogP contribution in [0.3, 0.4) is 0 Å². The zero-order valence-electron chi connectivity index (χ0n) is 28.8. The summed E-state index contributed by atoms with van der Waals surface area (Å²) in [5.74, 6) is -0.871. The van der Waals surface area contributed by atoms with Crippen molar-refractivity contribution in [2.75, 3.05) is 26.1 Å². The first-order valence-electron chi connectivity index (χ1n) is 17.5. The lowest BCUT2D eigenvalue weighted by Gasteiger charge is -2.28. The summed E-state index contributed by atoms with van der Waals surface area (Å²) in [5, 5.41) is 18.2. The maximum Gasteiger partial charge on any atom is 0.339 e. The number of aromatic amines is 1. The van der Waals surface area contributed by atoms with Gasteiger partial charge in [-0.05, 0) is 96.0 Å². The van der Waals surface area contributed by atoms with Crippen molar-refractivity contribution in [2.24, 2.45) is 5.92 Å². The summed E-state index contributed by atoms with van der Waals surface area (Å²) < 4.78 is 41.7. The fourth-order valence-electron chi connectivity index (χ4n) is 8.18. The molecule has 2 aliphatic heterocycles. The number of hydrogen-bond acceptors (Lipinski definition) is 7. The number of carbonyl (C=O) groups excluding carboxylic acids is 1. The molecule has 2 aromatic carbocycles. The Morgan fingerprint density at radius 1 is 1.08 bits per heavy atom. The zero-order valence-corrected chi connectivity index (χ0v) is 29.6. The summed E-state index contributed by atoms with van der Waals surface area (Å²) in [5.41, 5.74) is 7.63. The molecule has 3 N–H and O–H groups in total. The normalized spacial score (nSPS) is 17.2. The van der Waals surface area contributed by atoms with E-state index in [4.69, 9.17) is 9.47 Å². The van der Waals surface area contributed by atoms with Crippen LogP contribution in [0.15, 0.2) is 36.5 Å². The van der Waals surface area contributed by atoms with Crippen LogP contribution in [-0.4, -0.2) is 66.2 Å². The molecule has 0 bridgehead atoms. The fourth-order valence-corrected chi connectivity index (χ4v) is 9.54. The van der Waals surface area contributed by atoms with Gasteiger partial charge < -0.3 is 19.1 Å². The predicted molar refractivity (Wildman–Crippen MR) is 192 cm³/mol. The van der Waals surface area contributed by atoms with Gasteiger partial charge in [0.2, 0.25) is 10.0 Å². The number of carboxylic acid groups (broad SMARTS) is 1. The van der Waals surface area contributed by atoms with Gasteiger partial charge in [0, 0.05) is 35.2 Å². The van der Waals surface area contributed by atoms with Gasteiger partial charge in [0.25, 0.3) is 5.91 Å². The van der Waals surface area contributed by atoms with E-state index in [9.17, 15) is 23.1 Å². The van der Waals surface area contributed by atoms with Crippen molar-refractivity contribution in [3.8, 4) is 17.0 Å². The van der Waals surface area contributed by atoms with Gasteiger partial charge in [-0.25, -0.2) is 17.9 Å². The number of nitrogens with one attached hydrogen (secondary N) is 2. The number of aromatic nitrogens is 3. The number of benzene rings is 2. The molecule has 1 saturated heterocycles. The van der Waals surface area contributed by atoms with Gasteiger partial charge >= 0.3 is 5.97 Å². The third-order valence-corrected chi connectivity index (χ3v) is 11.9. The standard InChI is InChI=1S/C38H44N4O7S/c1-22(2)21-50(46,47)41-37(43)25-9-10-29-32(17-25)42-20-27(35-31(38(44)45)19-39-40-35)15-26-16-28(48-3)18-30(23-11-13-49-14-12-23)34(26)36(42)33(29)24-7-5-4-6-8-24/h9-10,15-19,22-24H,4-8,11-14,20-21H2,1-3H3,(H,39,40)(H,41,43)(H,44,45). The van der Waals surface area contributed by atoms with Crippen LogP contribution in [0.5, 0.6) is 5.75 Å². The Balaban J connectivity index is 1.52. The molecule has 1 aliphatic carbocycles. The van der Waals surface area contributed by atoms with Crippen LogP contribution in [0.1, 0.15) is 114 Å². The molecule has 0 spiro atoms. The Bertz CT molecular complexity index is 2100. The summed E-state index contributed by atoms with van der Waals surface area (Å²) >= 11 is 0. The highest BCUT2D eigenvalue weighted by Gasteiger charge is 2.34. The summed E-state index contributed by atoms with van der Waals surface area (Å²) in [7, 11) is -2.18. The number of hydrogen-bond donors (Lipinski definition) is 3. The van der Waals surface area contributed by atoms with Crippen LogP contribution in [0.25, 0.3) is 33.8 Å². The van der Waals surface area contributed by atoms with Crippen molar-refractivity contribution in [1.82, 2.24) is 19.5 Å². The van der Waals surface area contributed by atoms with Crippen LogP contribution in [0.2, 0.25) is 0 Å². The molecule has 4 aromatic rings. The number of H-pyrrole nitrogens is 1. The van der Waals surface area contributed by atoms with Crippen LogP contribution < -0.4 is 9.46 Å². The number of fused-ring (bicyclic) bond motifs is 5. The van der Waals surface area contributed by atoms with Crippen LogP contribution in [0, 0.1) is 5.92 Å². The van der Waals surface area contributed by atoms with Gasteiger partial charge in [0.1, 0.15) is 11.3 Å². The molecule has 11 nitrogen and oxygen atoms in total. The van der Waals surface area contributed by atoms with Crippen molar-refractivity contribution in [3.05, 3.63) is 70.0 Å². The fraction of sp³-hybridized carbons (Fsp3) is 0.447. The molecule has 12 heteroatoms. The Morgan fingerprint density at radius 2 is 1.84 bits per heavy atom. The third-order valence-electron chi connectivity index (χ3n) is 10.3. The van der Waals surface area contributed by atoms with Gasteiger partial charge in [0.15, 0.2) is 0 Å². The molecule has 7 rings (SSSR count). The molecule has 0 radical (unpaired) electrons. The minimum absolute atomic E-state index is 0.0631. The first-order chi connectivity index (χ1) is 24.0. The Labute approximate surface area is 292 Å². The van der Waals surface area contributed by atoms with E-state index in [2.05, 4.69) is 25.6 Å². The number of allylic oxidation sites excluding steroid dienone is 1. The molecule has 2 aromatic heterocycles. The second-order valence-corrected chi connectivity index (χ2v) is 16.0. The maximum atomic E-state index is 13.5. The van der Waals surface area contributed by atoms with Crippen molar-refractivity contribution < 1.29 is 32.6 Å². The Kier molecular flexibility index (Phi) is 9.34. The van der Waals surface area contributed by atoms with Crippen LogP contribution >= 0.6 is 0 Å². The van der Waals surface area contributed by atoms with E-state index in [1.54, 1.807) is 33.1 Å². The monoisotopic (exact) mass is 700 g/mol. The molecule has 0 atom stereocenters. The number of carboxylic acids is 1. The lowest BCUT2D eigenvalue weighted by atomic mass is 9.79. The molecule has 1 amide bonds. The van der Waals surface area contributed by atoms with Gasteiger partial charge in [-0.1, -0.05) is 39.2 Å². The molecule has 0 unspecified atom stereocenters. The number of aromatic carboxylic acids is 1. The second-order valence-electron chi connectivity index (χ2n) is 14.2. The highest BCUT2D eigenvalue weighted by Crippen LogP contribution is 2.51. The van der Waals surface area contributed by atoms with Crippen LogP contribution in [-0.2, 0) is 21.3 Å². The first kappa shape index (κ1) is 34.0. The van der Waals surface area contributed by atoms with Crippen molar-refractivity contribution >= 4 is 44.5 Å². The number of sulfonamides is 1. The molecule has 1 saturated carbocycles. The van der Waals surface area contributed by atoms with E-state index in [1.165, 1.54) is 18.2 Å². The van der Waals surface area contributed by atoms with E-state index in [-0.39, 0.29) is 34.6 Å². The van der Waals surface area contributed by atoms with Crippen LogP contribution in [0.4, 0.5) is 0 Å². The van der Waals surface area contributed by atoms with Gasteiger partial charge in [0.05, 0.1) is 37.0 Å². The van der Waals surface area contributed by atoms with E-state index in [0.29, 0.717) is 36.8 Å². The second kappa shape index (κ2) is 13.7. The lowest BCUT2D eigenvalue weighted by Crippen LogP contribution is -2.33. The van der Waals surface area contributed by atoms with Gasteiger partial charge in [-0.3, -0.25) is 9.89 Å². The smallest absolute Gasteiger partial charge is 0.339 e. The number of rotatable bonds is 9. The minimum atomic E-state index is -3.84. The first-order valence-corrected chi connectivity index (χ1v) is 19.2. The topological polar surface area (TPSA) is 153 Å². The summed E-state index contributed by atoms with van der Waals surface area (Å²) in [4.78, 5) is 25.9.